The van der Waals surface area contributed by atoms with E-state index in [1.165, 1.54) is 59.9 Å². The minimum atomic E-state index is -0.477. The molecular formula is C26H26N4O4S. The minimum absolute atomic E-state index is 0.0328. The predicted molar refractivity (Wildman–Crippen MR) is 134 cm³/mol. The molecule has 0 radical (unpaired) electrons. The number of para-hydroxylation sites is 1. The van der Waals surface area contributed by atoms with Crippen LogP contribution in [0.15, 0.2) is 58.5 Å². The number of nitro groups is 1. The van der Waals surface area contributed by atoms with Gasteiger partial charge in [-0.05, 0) is 80.5 Å². The van der Waals surface area contributed by atoms with Gasteiger partial charge >= 0.3 is 0 Å². The molecular weight excluding hydrogens is 464 g/mol. The third kappa shape index (κ3) is 4.11. The van der Waals surface area contributed by atoms with Gasteiger partial charge in [0.25, 0.3) is 11.2 Å². The highest BCUT2D eigenvalue weighted by Crippen LogP contribution is 2.55. The monoisotopic (exact) mass is 490 g/mol. The number of nitrogens with one attached hydrogen (secondary N) is 1. The van der Waals surface area contributed by atoms with Crippen LogP contribution in [0.2, 0.25) is 0 Å². The number of benzene rings is 2. The summed E-state index contributed by atoms with van der Waals surface area (Å²) in [6.45, 7) is 0. The van der Waals surface area contributed by atoms with E-state index in [0.29, 0.717) is 21.7 Å². The van der Waals surface area contributed by atoms with Gasteiger partial charge in [0.1, 0.15) is 0 Å². The highest BCUT2D eigenvalue weighted by Gasteiger charge is 2.51. The molecule has 0 aliphatic heterocycles. The molecule has 1 amide bonds. The van der Waals surface area contributed by atoms with Crippen LogP contribution in [0.1, 0.15) is 38.5 Å². The van der Waals surface area contributed by atoms with Gasteiger partial charge in [-0.1, -0.05) is 23.9 Å². The van der Waals surface area contributed by atoms with Gasteiger partial charge in [0.15, 0.2) is 5.16 Å². The first-order valence-corrected chi connectivity index (χ1v) is 13.1. The third-order valence-electron chi connectivity index (χ3n) is 7.84. The molecule has 0 saturated heterocycles. The first-order valence-electron chi connectivity index (χ1n) is 12.1. The Kier molecular flexibility index (Phi) is 5.40. The first kappa shape index (κ1) is 22.3. The van der Waals surface area contributed by atoms with Crippen LogP contribution in [0.25, 0.3) is 16.6 Å². The number of non-ortho nitro benzene ring substituents is 1. The molecule has 0 spiro atoms. The van der Waals surface area contributed by atoms with Gasteiger partial charge in [-0.2, -0.15) is 0 Å². The zero-order valence-electron chi connectivity index (χ0n) is 19.2. The van der Waals surface area contributed by atoms with E-state index in [9.17, 15) is 19.7 Å². The average Bonchev–Trinajstić information content (AvgIpc) is 2.82. The van der Waals surface area contributed by atoms with E-state index >= 15 is 0 Å². The number of nitro benzene ring substituents is 1. The maximum atomic E-state index is 13.4. The normalized spacial score (nSPS) is 26.7. The van der Waals surface area contributed by atoms with Crippen molar-refractivity contribution in [2.45, 2.75) is 49.2 Å². The number of rotatable bonds is 6. The molecule has 3 aromatic rings. The zero-order valence-corrected chi connectivity index (χ0v) is 20.0. The summed E-state index contributed by atoms with van der Waals surface area (Å²) in [6, 6.07) is 12.9. The van der Waals surface area contributed by atoms with Crippen molar-refractivity contribution in [3.8, 4) is 5.69 Å². The minimum Gasteiger partial charge on any atom is -0.350 e. The van der Waals surface area contributed by atoms with Crippen molar-refractivity contribution >= 4 is 34.3 Å². The fourth-order valence-electron chi connectivity index (χ4n) is 6.89. The molecule has 4 aliphatic rings. The number of carbonyl (C=O) groups is 1. The van der Waals surface area contributed by atoms with Crippen LogP contribution in [0.3, 0.4) is 0 Å². The molecule has 2 aromatic carbocycles. The third-order valence-corrected chi connectivity index (χ3v) is 8.78. The summed E-state index contributed by atoms with van der Waals surface area (Å²) in [4.78, 5) is 41.8. The highest BCUT2D eigenvalue weighted by atomic mass is 32.2. The molecule has 4 aliphatic carbocycles. The number of nitrogens with zero attached hydrogens (tertiary/aromatic N) is 3. The van der Waals surface area contributed by atoms with Crippen LogP contribution in [0.5, 0.6) is 0 Å². The van der Waals surface area contributed by atoms with Crippen molar-refractivity contribution in [3.63, 3.8) is 0 Å². The van der Waals surface area contributed by atoms with E-state index in [-0.39, 0.29) is 28.4 Å². The van der Waals surface area contributed by atoms with Crippen LogP contribution in [0, 0.1) is 27.9 Å². The van der Waals surface area contributed by atoms with Crippen molar-refractivity contribution in [2.75, 3.05) is 5.75 Å². The fraction of sp³-hybridized carbons (Fsp3) is 0.423. The standard InChI is InChI=1S/C26H26N4O4S/c31-23(28-26-12-16-9-17(13-26)11-18(10-16)14-26)15-35-25-27-22-4-2-1-3-21(22)24(32)29(25)19-5-7-20(8-6-19)30(33)34/h1-8,16-18H,9-15H2,(H,28,31). The van der Waals surface area contributed by atoms with Crippen molar-refractivity contribution < 1.29 is 9.72 Å². The Balaban J connectivity index is 1.28. The maximum Gasteiger partial charge on any atom is 0.269 e. The summed E-state index contributed by atoms with van der Waals surface area (Å²) in [5.41, 5.74) is 0.636. The molecule has 4 saturated carbocycles. The summed E-state index contributed by atoms with van der Waals surface area (Å²) < 4.78 is 1.44. The second kappa shape index (κ2) is 8.48. The van der Waals surface area contributed by atoms with Crippen LogP contribution in [-0.4, -0.2) is 31.7 Å². The molecule has 1 heterocycles. The number of fused-ring (bicyclic) bond motifs is 1. The maximum absolute atomic E-state index is 13.4. The van der Waals surface area contributed by atoms with E-state index in [2.05, 4.69) is 10.3 Å². The fourth-order valence-corrected chi connectivity index (χ4v) is 7.70. The van der Waals surface area contributed by atoms with E-state index in [1.54, 1.807) is 18.2 Å². The van der Waals surface area contributed by atoms with Gasteiger partial charge in [-0.15, -0.1) is 0 Å². The lowest BCUT2D eigenvalue weighted by molar-refractivity contribution is -0.384. The van der Waals surface area contributed by atoms with Crippen molar-refractivity contribution in [1.82, 2.24) is 14.9 Å². The van der Waals surface area contributed by atoms with E-state index in [1.807, 2.05) is 6.07 Å². The van der Waals surface area contributed by atoms with E-state index < -0.39 is 4.92 Å². The van der Waals surface area contributed by atoms with Crippen LogP contribution in [-0.2, 0) is 4.79 Å². The lowest BCUT2D eigenvalue weighted by Crippen LogP contribution is -2.60. The predicted octanol–water partition coefficient (Wildman–Crippen LogP) is 4.47. The number of thioether (sulfide) groups is 1. The Bertz CT molecular complexity index is 1350. The number of hydrogen-bond acceptors (Lipinski definition) is 6. The number of hydrogen-bond donors (Lipinski definition) is 1. The van der Waals surface area contributed by atoms with Crippen molar-refractivity contribution in [1.29, 1.82) is 0 Å². The first-order chi connectivity index (χ1) is 16.9. The number of carbonyl (C=O) groups excluding carboxylic acids is 1. The number of aromatic nitrogens is 2. The molecule has 35 heavy (non-hydrogen) atoms. The van der Waals surface area contributed by atoms with Gasteiger partial charge < -0.3 is 5.32 Å². The SMILES string of the molecule is O=C(CSc1nc2ccccc2c(=O)n1-c1ccc([N+](=O)[O-])cc1)NC12CC3CC(CC(C3)C1)C2. The summed E-state index contributed by atoms with van der Waals surface area (Å²) in [5, 5.41) is 15.3. The van der Waals surface area contributed by atoms with E-state index in [0.717, 1.165) is 37.0 Å². The lowest BCUT2D eigenvalue weighted by Gasteiger charge is -2.56. The van der Waals surface area contributed by atoms with Crippen molar-refractivity contribution in [3.05, 3.63) is 69.0 Å². The van der Waals surface area contributed by atoms with Crippen LogP contribution >= 0.6 is 11.8 Å². The van der Waals surface area contributed by atoms with E-state index in [4.69, 9.17) is 0 Å². The Morgan fingerprint density at radius 2 is 1.69 bits per heavy atom. The molecule has 9 heteroatoms. The Hall–Kier alpha value is -3.20. The topological polar surface area (TPSA) is 107 Å². The molecule has 4 fully saturated rings. The van der Waals surface area contributed by atoms with Gasteiger partial charge in [-0.25, -0.2) is 4.98 Å². The molecule has 7 rings (SSSR count). The second-order valence-electron chi connectivity index (χ2n) is 10.4. The Labute approximate surface area is 206 Å². The van der Waals surface area contributed by atoms with Crippen LogP contribution in [0.4, 0.5) is 5.69 Å². The quantitative estimate of drug-likeness (QED) is 0.236. The molecule has 0 atom stereocenters. The molecule has 180 valence electrons. The lowest BCUT2D eigenvalue weighted by atomic mass is 9.53. The summed E-state index contributed by atoms with van der Waals surface area (Å²) in [7, 11) is 0. The Morgan fingerprint density at radius 1 is 1.06 bits per heavy atom. The molecule has 8 nitrogen and oxygen atoms in total. The summed E-state index contributed by atoms with van der Waals surface area (Å²) >= 11 is 1.22. The van der Waals surface area contributed by atoms with Gasteiger partial charge in [0.2, 0.25) is 5.91 Å². The highest BCUT2D eigenvalue weighted by molar-refractivity contribution is 7.99. The summed E-state index contributed by atoms with van der Waals surface area (Å²) in [5.74, 6) is 2.34. The molecule has 1 aromatic heterocycles. The summed E-state index contributed by atoms with van der Waals surface area (Å²) in [6.07, 6.45) is 7.18. The molecule has 0 unspecified atom stereocenters. The van der Waals surface area contributed by atoms with Gasteiger partial charge in [0, 0.05) is 17.7 Å². The molecule has 1 N–H and O–H groups in total. The van der Waals surface area contributed by atoms with Crippen LogP contribution < -0.4 is 10.9 Å². The van der Waals surface area contributed by atoms with Gasteiger partial charge in [0.05, 0.1) is 27.3 Å². The average molecular weight is 491 g/mol. The second-order valence-corrected chi connectivity index (χ2v) is 11.3. The Morgan fingerprint density at radius 3 is 2.31 bits per heavy atom. The zero-order chi connectivity index (χ0) is 24.2. The largest absolute Gasteiger partial charge is 0.350 e. The smallest absolute Gasteiger partial charge is 0.269 e. The van der Waals surface area contributed by atoms with Gasteiger partial charge in [-0.3, -0.25) is 24.3 Å². The molecule has 4 bridgehead atoms. The number of amides is 1. The van der Waals surface area contributed by atoms with Crippen molar-refractivity contribution in [2.24, 2.45) is 17.8 Å².